The van der Waals surface area contributed by atoms with Crippen LogP contribution in [0.4, 0.5) is 10.5 Å². The van der Waals surface area contributed by atoms with Gasteiger partial charge in [-0.3, -0.25) is 0 Å². The highest BCUT2D eigenvalue weighted by atomic mass is 16.6. The van der Waals surface area contributed by atoms with Crippen LogP contribution < -0.4 is 4.90 Å². The Kier molecular flexibility index (Phi) is 7.40. The SMILES string of the molecule is CCOC(=O)N1CCN(c2ccnn3cc(-c4ccc(C5(OC)CCN(C(C)C)CC5)cc4)cc23)CC1. The first-order valence-electron chi connectivity index (χ1n) is 13.5. The van der Waals surface area contributed by atoms with E-state index in [0.29, 0.717) is 25.7 Å². The number of carbonyl (C=O) groups is 1. The minimum absolute atomic E-state index is 0.212. The number of rotatable bonds is 6. The minimum atomic E-state index is -0.226. The largest absolute Gasteiger partial charge is 0.450 e. The van der Waals surface area contributed by atoms with Gasteiger partial charge in [0, 0.05) is 70.4 Å². The van der Waals surface area contributed by atoms with Gasteiger partial charge in [-0.25, -0.2) is 9.31 Å². The molecule has 4 heterocycles. The topological polar surface area (TPSA) is 62.6 Å². The first kappa shape index (κ1) is 25.5. The maximum absolute atomic E-state index is 12.1. The number of amides is 1. The summed E-state index contributed by atoms with van der Waals surface area (Å²) in [5, 5.41) is 4.57. The van der Waals surface area contributed by atoms with E-state index in [4.69, 9.17) is 9.47 Å². The number of hydrogen-bond donors (Lipinski definition) is 0. The predicted molar refractivity (Wildman–Crippen MR) is 146 cm³/mol. The number of benzene rings is 1. The maximum atomic E-state index is 12.1. The van der Waals surface area contributed by atoms with E-state index in [2.05, 4.69) is 71.3 Å². The predicted octanol–water partition coefficient (Wildman–Crippen LogP) is 4.63. The van der Waals surface area contributed by atoms with Crippen LogP contribution in [-0.2, 0) is 15.1 Å². The summed E-state index contributed by atoms with van der Waals surface area (Å²) in [6.07, 6.45) is 5.73. The van der Waals surface area contributed by atoms with Crippen molar-refractivity contribution < 1.29 is 14.3 Å². The second-order valence-electron chi connectivity index (χ2n) is 10.4. The summed E-state index contributed by atoms with van der Waals surface area (Å²) >= 11 is 0. The quantitative estimate of drug-likeness (QED) is 0.487. The Morgan fingerprint density at radius 1 is 1.00 bits per heavy atom. The van der Waals surface area contributed by atoms with Crippen LogP contribution in [0.3, 0.4) is 0 Å². The number of fused-ring (bicyclic) bond motifs is 1. The number of ether oxygens (including phenoxy) is 2. The lowest BCUT2D eigenvalue weighted by molar-refractivity contribution is -0.0669. The highest BCUT2D eigenvalue weighted by Crippen LogP contribution is 2.38. The molecule has 2 saturated heterocycles. The van der Waals surface area contributed by atoms with Crippen LogP contribution in [0.25, 0.3) is 16.6 Å². The molecule has 2 aliphatic heterocycles. The molecular formula is C29H39N5O3. The monoisotopic (exact) mass is 505 g/mol. The van der Waals surface area contributed by atoms with Crippen LogP contribution in [0.1, 0.15) is 39.2 Å². The second kappa shape index (κ2) is 10.7. The second-order valence-corrected chi connectivity index (χ2v) is 10.4. The van der Waals surface area contributed by atoms with Crippen LogP contribution in [0, 0.1) is 0 Å². The van der Waals surface area contributed by atoms with E-state index in [0.717, 1.165) is 61.4 Å². The van der Waals surface area contributed by atoms with Gasteiger partial charge in [0.15, 0.2) is 0 Å². The number of piperidine rings is 1. The van der Waals surface area contributed by atoms with Crippen molar-refractivity contribution in [2.45, 2.75) is 45.3 Å². The van der Waals surface area contributed by atoms with Crippen molar-refractivity contribution in [1.29, 1.82) is 0 Å². The Bertz CT molecular complexity index is 1210. The number of hydrogen-bond acceptors (Lipinski definition) is 6. The Balaban J connectivity index is 1.33. The normalized spacial score (nSPS) is 18.5. The fourth-order valence-corrected chi connectivity index (χ4v) is 5.75. The fraction of sp³-hybridized carbons (Fsp3) is 0.517. The first-order chi connectivity index (χ1) is 17.9. The number of anilines is 1. The highest BCUT2D eigenvalue weighted by molar-refractivity contribution is 5.80. The molecule has 0 atom stereocenters. The summed E-state index contributed by atoms with van der Waals surface area (Å²) in [6.45, 7) is 11.7. The zero-order chi connectivity index (χ0) is 26.0. The van der Waals surface area contributed by atoms with E-state index in [1.54, 1.807) is 4.90 Å². The van der Waals surface area contributed by atoms with Crippen LogP contribution in [0.15, 0.2) is 48.8 Å². The molecule has 1 amide bonds. The van der Waals surface area contributed by atoms with Crippen LogP contribution in [0.5, 0.6) is 0 Å². The standard InChI is InChI=1S/C29H39N5O3/c1-5-37-28(35)33-18-16-32(17-19-33)26-10-13-30-34-21-24(20-27(26)34)23-6-8-25(9-7-23)29(36-4)11-14-31(15-12-29)22(2)3/h6-10,13,20-22H,5,11-12,14-19H2,1-4H3. The smallest absolute Gasteiger partial charge is 0.409 e. The van der Waals surface area contributed by atoms with Crippen LogP contribution >= 0.6 is 0 Å². The molecule has 0 bridgehead atoms. The number of carbonyl (C=O) groups excluding carboxylic acids is 1. The molecule has 0 N–H and O–H groups in total. The zero-order valence-corrected chi connectivity index (χ0v) is 22.5. The zero-order valence-electron chi connectivity index (χ0n) is 22.5. The maximum Gasteiger partial charge on any atom is 0.409 e. The molecule has 8 nitrogen and oxygen atoms in total. The van der Waals surface area contributed by atoms with E-state index >= 15 is 0 Å². The third kappa shape index (κ3) is 5.05. The molecule has 8 heteroatoms. The molecule has 37 heavy (non-hydrogen) atoms. The summed E-state index contributed by atoms with van der Waals surface area (Å²) in [4.78, 5) is 18.7. The van der Waals surface area contributed by atoms with Crippen molar-refractivity contribution in [2.75, 3.05) is 57.9 Å². The number of likely N-dealkylation sites (tertiary alicyclic amines) is 1. The van der Waals surface area contributed by atoms with E-state index in [1.807, 2.05) is 24.7 Å². The van der Waals surface area contributed by atoms with E-state index in [1.165, 1.54) is 5.56 Å². The summed E-state index contributed by atoms with van der Waals surface area (Å²) in [5.74, 6) is 0. The van der Waals surface area contributed by atoms with Gasteiger partial charge in [0.05, 0.1) is 23.4 Å². The summed E-state index contributed by atoms with van der Waals surface area (Å²) in [5.41, 5.74) is 5.55. The van der Waals surface area contributed by atoms with E-state index in [9.17, 15) is 4.79 Å². The number of aromatic nitrogens is 2. The molecule has 2 fully saturated rings. The Morgan fingerprint density at radius 3 is 2.32 bits per heavy atom. The molecular weight excluding hydrogens is 466 g/mol. The van der Waals surface area contributed by atoms with Crippen molar-refractivity contribution in [3.63, 3.8) is 0 Å². The van der Waals surface area contributed by atoms with E-state index in [-0.39, 0.29) is 11.7 Å². The lowest BCUT2D eigenvalue weighted by Gasteiger charge is -2.42. The van der Waals surface area contributed by atoms with Crippen molar-refractivity contribution in [2.24, 2.45) is 0 Å². The Morgan fingerprint density at radius 2 is 1.70 bits per heavy atom. The van der Waals surface area contributed by atoms with Gasteiger partial charge in [-0.1, -0.05) is 24.3 Å². The number of methoxy groups -OCH3 is 1. The lowest BCUT2D eigenvalue weighted by Crippen LogP contribution is -2.49. The summed E-state index contributed by atoms with van der Waals surface area (Å²) in [7, 11) is 1.85. The number of piperazine rings is 1. The average Bonchev–Trinajstić information content (AvgIpc) is 3.38. The van der Waals surface area contributed by atoms with Gasteiger partial charge in [0.25, 0.3) is 0 Å². The first-order valence-corrected chi connectivity index (χ1v) is 13.5. The molecule has 2 aromatic heterocycles. The fourth-order valence-electron chi connectivity index (χ4n) is 5.75. The van der Waals surface area contributed by atoms with Crippen LogP contribution in [-0.4, -0.2) is 84.5 Å². The van der Waals surface area contributed by atoms with Gasteiger partial charge in [-0.2, -0.15) is 5.10 Å². The molecule has 0 radical (unpaired) electrons. The third-order valence-corrected chi connectivity index (χ3v) is 8.10. The van der Waals surface area contributed by atoms with Gasteiger partial charge < -0.3 is 24.2 Å². The molecule has 1 aromatic carbocycles. The van der Waals surface area contributed by atoms with Crippen molar-refractivity contribution in [3.8, 4) is 11.1 Å². The Hall–Kier alpha value is -3.10. The van der Waals surface area contributed by atoms with Gasteiger partial charge in [0.2, 0.25) is 0 Å². The molecule has 0 saturated carbocycles. The molecule has 0 spiro atoms. The summed E-state index contributed by atoms with van der Waals surface area (Å²) in [6, 6.07) is 13.7. The van der Waals surface area contributed by atoms with Crippen LogP contribution in [0.2, 0.25) is 0 Å². The van der Waals surface area contributed by atoms with Gasteiger partial charge >= 0.3 is 6.09 Å². The van der Waals surface area contributed by atoms with E-state index < -0.39 is 0 Å². The molecule has 5 rings (SSSR count). The van der Waals surface area contributed by atoms with Gasteiger partial charge in [0.1, 0.15) is 0 Å². The number of nitrogens with zero attached hydrogens (tertiary/aromatic N) is 5. The van der Waals surface area contributed by atoms with Gasteiger partial charge in [-0.05, 0) is 56.9 Å². The highest BCUT2D eigenvalue weighted by Gasteiger charge is 2.36. The average molecular weight is 506 g/mol. The third-order valence-electron chi connectivity index (χ3n) is 8.10. The van der Waals surface area contributed by atoms with Crippen molar-refractivity contribution in [1.82, 2.24) is 19.4 Å². The molecule has 198 valence electrons. The lowest BCUT2D eigenvalue weighted by atomic mass is 9.83. The van der Waals surface area contributed by atoms with Crippen molar-refractivity contribution >= 4 is 17.3 Å². The molecule has 2 aliphatic rings. The minimum Gasteiger partial charge on any atom is -0.450 e. The molecule has 3 aromatic rings. The Labute approximate surface area is 219 Å². The molecule has 0 unspecified atom stereocenters. The van der Waals surface area contributed by atoms with Crippen molar-refractivity contribution in [3.05, 3.63) is 54.4 Å². The van der Waals surface area contributed by atoms with Gasteiger partial charge in [-0.15, -0.1) is 0 Å². The molecule has 0 aliphatic carbocycles. The summed E-state index contributed by atoms with van der Waals surface area (Å²) < 4.78 is 13.2.